The lowest BCUT2D eigenvalue weighted by molar-refractivity contribution is 0.102. The van der Waals surface area contributed by atoms with Crippen molar-refractivity contribution in [2.75, 3.05) is 7.11 Å². The number of aliphatic hydroxyl groups is 1. The van der Waals surface area contributed by atoms with Crippen LogP contribution in [0.2, 0.25) is 0 Å². The second-order valence-electron chi connectivity index (χ2n) is 4.72. The van der Waals surface area contributed by atoms with E-state index in [0.717, 1.165) is 31.4 Å². The van der Waals surface area contributed by atoms with Crippen LogP contribution in [0.3, 0.4) is 0 Å². The highest BCUT2D eigenvalue weighted by Crippen LogP contribution is 2.18. The molecule has 1 aromatic rings. The van der Waals surface area contributed by atoms with Crippen molar-refractivity contribution in [2.45, 2.75) is 45.6 Å². The van der Waals surface area contributed by atoms with Gasteiger partial charge in [0, 0.05) is 0 Å². The van der Waals surface area contributed by atoms with Gasteiger partial charge in [0.1, 0.15) is 5.75 Å². The van der Waals surface area contributed by atoms with Gasteiger partial charge in [-0.05, 0) is 42.9 Å². The summed E-state index contributed by atoms with van der Waals surface area (Å²) in [6.07, 6.45) is 3.86. The lowest BCUT2D eigenvalue weighted by Gasteiger charge is -2.18. The highest BCUT2D eigenvalue weighted by molar-refractivity contribution is 5.27. The number of methoxy groups -OCH3 is 1. The van der Waals surface area contributed by atoms with E-state index in [1.54, 1.807) is 7.11 Å². The topological polar surface area (TPSA) is 29.5 Å². The van der Waals surface area contributed by atoms with Gasteiger partial charge in [0.05, 0.1) is 13.2 Å². The molecular weight excluding hydrogens is 212 g/mol. The van der Waals surface area contributed by atoms with Gasteiger partial charge in [-0.3, -0.25) is 0 Å². The monoisotopic (exact) mass is 236 g/mol. The maximum Gasteiger partial charge on any atom is 0.118 e. The fraction of sp³-hybridized carbons (Fsp3) is 0.600. The maximum absolute atomic E-state index is 9.86. The summed E-state index contributed by atoms with van der Waals surface area (Å²) >= 11 is 0. The Hall–Kier alpha value is -1.02. The molecule has 17 heavy (non-hydrogen) atoms. The molecule has 0 spiro atoms. The smallest absolute Gasteiger partial charge is 0.118 e. The Morgan fingerprint density at radius 1 is 1.18 bits per heavy atom. The Balaban J connectivity index is 2.38. The van der Waals surface area contributed by atoms with Gasteiger partial charge in [-0.1, -0.05) is 32.4 Å². The first-order valence-corrected chi connectivity index (χ1v) is 6.48. The van der Waals surface area contributed by atoms with Gasteiger partial charge in [0.2, 0.25) is 0 Å². The van der Waals surface area contributed by atoms with Crippen molar-refractivity contribution < 1.29 is 9.84 Å². The predicted octanol–water partition coefficient (Wildman–Crippen LogP) is 3.42. The van der Waals surface area contributed by atoms with Crippen LogP contribution in [0.4, 0.5) is 0 Å². The minimum absolute atomic E-state index is 0.154. The molecule has 0 saturated heterocycles. The van der Waals surface area contributed by atoms with Gasteiger partial charge in [0.15, 0.2) is 0 Å². The Bertz CT molecular complexity index is 305. The molecule has 0 radical (unpaired) electrons. The summed E-state index contributed by atoms with van der Waals surface area (Å²) in [4.78, 5) is 0. The standard InChI is InChI=1S/C15H24O2/c1-4-5-15(16)12(2)6-7-13-8-10-14(17-3)11-9-13/h8-12,15-16H,4-7H2,1-3H3. The van der Waals surface area contributed by atoms with E-state index in [1.807, 2.05) is 12.1 Å². The third-order valence-corrected chi connectivity index (χ3v) is 3.29. The van der Waals surface area contributed by atoms with Crippen molar-refractivity contribution in [2.24, 2.45) is 5.92 Å². The van der Waals surface area contributed by atoms with Gasteiger partial charge in [-0.15, -0.1) is 0 Å². The highest BCUT2D eigenvalue weighted by atomic mass is 16.5. The Kier molecular flexibility index (Phi) is 6.06. The summed E-state index contributed by atoms with van der Waals surface area (Å²) < 4.78 is 5.12. The first kappa shape index (κ1) is 14.0. The van der Waals surface area contributed by atoms with E-state index in [0.29, 0.717) is 5.92 Å². The Morgan fingerprint density at radius 3 is 2.35 bits per heavy atom. The minimum Gasteiger partial charge on any atom is -0.497 e. The van der Waals surface area contributed by atoms with Crippen molar-refractivity contribution in [3.63, 3.8) is 0 Å². The quantitative estimate of drug-likeness (QED) is 0.786. The molecule has 2 nitrogen and oxygen atoms in total. The summed E-state index contributed by atoms with van der Waals surface area (Å²) in [6, 6.07) is 8.17. The zero-order valence-corrected chi connectivity index (χ0v) is 11.1. The van der Waals surface area contributed by atoms with E-state index >= 15 is 0 Å². The van der Waals surface area contributed by atoms with Crippen molar-refractivity contribution in [1.82, 2.24) is 0 Å². The molecule has 96 valence electrons. The van der Waals surface area contributed by atoms with Gasteiger partial charge < -0.3 is 9.84 Å². The number of hydrogen-bond donors (Lipinski definition) is 1. The number of rotatable bonds is 7. The third kappa shape index (κ3) is 4.78. The zero-order chi connectivity index (χ0) is 12.7. The van der Waals surface area contributed by atoms with Crippen LogP contribution in [-0.4, -0.2) is 18.3 Å². The molecule has 2 unspecified atom stereocenters. The molecule has 0 aliphatic carbocycles. The fourth-order valence-corrected chi connectivity index (χ4v) is 1.96. The second kappa shape index (κ2) is 7.33. The van der Waals surface area contributed by atoms with Crippen molar-refractivity contribution in [1.29, 1.82) is 0 Å². The average Bonchev–Trinajstić information content (AvgIpc) is 2.36. The van der Waals surface area contributed by atoms with E-state index in [-0.39, 0.29) is 6.10 Å². The molecule has 1 aromatic carbocycles. The van der Waals surface area contributed by atoms with Crippen molar-refractivity contribution in [3.8, 4) is 5.75 Å². The molecule has 0 aliphatic heterocycles. The summed E-state index contributed by atoms with van der Waals surface area (Å²) in [5.74, 6) is 1.27. The van der Waals surface area contributed by atoms with E-state index in [2.05, 4.69) is 26.0 Å². The summed E-state index contributed by atoms with van der Waals surface area (Å²) in [7, 11) is 1.68. The molecule has 1 rings (SSSR count). The molecule has 0 fully saturated rings. The third-order valence-electron chi connectivity index (χ3n) is 3.29. The number of aryl methyl sites for hydroxylation is 1. The van der Waals surface area contributed by atoms with Crippen LogP contribution in [0.1, 0.15) is 38.7 Å². The highest BCUT2D eigenvalue weighted by Gasteiger charge is 2.12. The lowest BCUT2D eigenvalue weighted by Crippen LogP contribution is -2.17. The maximum atomic E-state index is 9.86. The van der Waals surface area contributed by atoms with Crippen LogP contribution in [-0.2, 0) is 6.42 Å². The lowest BCUT2D eigenvalue weighted by atomic mass is 9.94. The SMILES string of the molecule is CCCC(O)C(C)CCc1ccc(OC)cc1. The van der Waals surface area contributed by atoms with E-state index in [4.69, 9.17) is 4.74 Å². The number of ether oxygens (including phenoxy) is 1. The van der Waals surface area contributed by atoms with Gasteiger partial charge in [0.25, 0.3) is 0 Å². The molecule has 0 bridgehead atoms. The average molecular weight is 236 g/mol. The zero-order valence-electron chi connectivity index (χ0n) is 11.1. The van der Waals surface area contributed by atoms with E-state index in [1.165, 1.54) is 5.56 Å². The second-order valence-corrected chi connectivity index (χ2v) is 4.72. The Morgan fingerprint density at radius 2 is 1.82 bits per heavy atom. The molecule has 1 N–H and O–H groups in total. The van der Waals surface area contributed by atoms with Crippen molar-refractivity contribution in [3.05, 3.63) is 29.8 Å². The van der Waals surface area contributed by atoms with Crippen LogP contribution in [0, 0.1) is 5.92 Å². The van der Waals surface area contributed by atoms with Crippen LogP contribution < -0.4 is 4.74 Å². The summed E-state index contributed by atoms with van der Waals surface area (Å²) in [5.41, 5.74) is 1.31. The van der Waals surface area contributed by atoms with Gasteiger partial charge >= 0.3 is 0 Å². The molecular formula is C15H24O2. The Labute approximate surface area is 105 Å². The van der Waals surface area contributed by atoms with Crippen LogP contribution in [0.25, 0.3) is 0 Å². The number of aliphatic hydroxyl groups excluding tert-OH is 1. The summed E-state index contributed by atoms with van der Waals surface area (Å²) in [5, 5.41) is 9.86. The molecule has 0 amide bonds. The van der Waals surface area contributed by atoms with E-state index in [9.17, 15) is 5.11 Å². The molecule has 2 heteroatoms. The molecule has 0 heterocycles. The van der Waals surface area contributed by atoms with Gasteiger partial charge in [-0.2, -0.15) is 0 Å². The first-order chi connectivity index (χ1) is 8.17. The number of hydrogen-bond acceptors (Lipinski definition) is 2. The van der Waals surface area contributed by atoms with Crippen LogP contribution >= 0.6 is 0 Å². The summed E-state index contributed by atoms with van der Waals surface area (Å²) in [6.45, 7) is 4.24. The minimum atomic E-state index is -0.154. The fourth-order valence-electron chi connectivity index (χ4n) is 1.96. The predicted molar refractivity (Wildman–Crippen MR) is 71.4 cm³/mol. The van der Waals surface area contributed by atoms with Crippen LogP contribution in [0.5, 0.6) is 5.75 Å². The first-order valence-electron chi connectivity index (χ1n) is 6.48. The van der Waals surface area contributed by atoms with Gasteiger partial charge in [-0.25, -0.2) is 0 Å². The molecule has 2 atom stereocenters. The largest absolute Gasteiger partial charge is 0.497 e. The van der Waals surface area contributed by atoms with Crippen molar-refractivity contribution >= 4 is 0 Å². The normalized spacial score (nSPS) is 14.4. The number of benzene rings is 1. The van der Waals surface area contributed by atoms with Crippen LogP contribution in [0.15, 0.2) is 24.3 Å². The molecule has 0 aromatic heterocycles. The molecule has 0 saturated carbocycles. The van der Waals surface area contributed by atoms with E-state index < -0.39 is 0 Å². The molecule has 0 aliphatic rings.